The minimum atomic E-state index is -3.05. The molecule has 2 rings (SSSR count). The van der Waals surface area contributed by atoms with Crippen LogP contribution < -0.4 is 4.90 Å². The minimum Gasteiger partial charge on any atom is -0.368 e. The zero-order valence-electron chi connectivity index (χ0n) is 12.1. The van der Waals surface area contributed by atoms with Gasteiger partial charge in [0.25, 0.3) is 0 Å². The Hall–Kier alpha value is -1.07. The van der Waals surface area contributed by atoms with Crippen LogP contribution in [0.4, 0.5) is 5.69 Å². The molecule has 106 valence electrons. The molecule has 5 heteroatoms. The summed E-state index contributed by atoms with van der Waals surface area (Å²) in [4.78, 5) is 2.30. The lowest BCUT2D eigenvalue weighted by Gasteiger charge is -2.36. The molecule has 1 saturated heterocycles. The van der Waals surface area contributed by atoms with Crippen molar-refractivity contribution >= 4 is 15.7 Å². The number of hydrogen-bond donors (Lipinski definition) is 0. The fourth-order valence-electron chi connectivity index (χ4n) is 2.91. The highest BCUT2D eigenvalue weighted by atomic mass is 32.2. The van der Waals surface area contributed by atoms with Gasteiger partial charge in [0.1, 0.15) is 0 Å². The summed E-state index contributed by atoms with van der Waals surface area (Å²) in [6.07, 6.45) is 1.28. The van der Waals surface area contributed by atoms with Gasteiger partial charge >= 0.3 is 0 Å². The first-order valence-electron chi connectivity index (χ1n) is 6.57. The van der Waals surface area contributed by atoms with Gasteiger partial charge in [0.2, 0.25) is 10.0 Å². The van der Waals surface area contributed by atoms with E-state index in [-0.39, 0.29) is 0 Å². The first kappa shape index (κ1) is 14.3. The van der Waals surface area contributed by atoms with Crippen LogP contribution >= 0.6 is 0 Å². The maximum absolute atomic E-state index is 11.5. The highest BCUT2D eigenvalue weighted by Gasteiger charge is 2.24. The van der Waals surface area contributed by atoms with Crippen molar-refractivity contribution in [2.75, 3.05) is 37.3 Å². The normalized spacial score (nSPS) is 17.8. The van der Waals surface area contributed by atoms with Gasteiger partial charge in [0, 0.05) is 31.9 Å². The lowest BCUT2D eigenvalue weighted by Crippen LogP contribution is -2.48. The third-order valence-corrected chi connectivity index (χ3v) is 4.96. The van der Waals surface area contributed by atoms with Gasteiger partial charge in [-0.25, -0.2) is 8.42 Å². The quantitative estimate of drug-likeness (QED) is 0.829. The molecule has 19 heavy (non-hydrogen) atoms. The monoisotopic (exact) mass is 282 g/mol. The summed E-state index contributed by atoms with van der Waals surface area (Å²) in [6.45, 7) is 9.02. The summed E-state index contributed by atoms with van der Waals surface area (Å²) in [5.41, 5.74) is 5.07. The first-order valence-corrected chi connectivity index (χ1v) is 8.42. The van der Waals surface area contributed by atoms with Gasteiger partial charge in [-0.05, 0) is 31.9 Å². The molecule has 0 unspecified atom stereocenters. The predicted molar refractivity (Wildman–Crippen MR) is 79.3 cm³/mol. The standard InChI is InChI=1S/C14H22N2O2S/c1-11-9-12(2)14(13(3)10-11)15-5-7-16(8-6-15)19(4,17)18/h9-10H,5-8H2,1-4H3. The number of aryl methyl sites for hydroxylation is 3. The molecule has 0 N–H and O–H groups in total. The van der Waals surface area contributed by atoms with Crippen molar-refractivity contribution in [2.45, 2.75) is 20.8 Å². The van der Waals surface area contributed by atoms with E-state index in [2.05, 4.69) is 37.8 Å². The van der Waals surface area contributed by atoms with Gasteiger partial charge in [-0.15, -0.1) is 0 Å². The van der Waals surface area contributed by atoms with Crippen LogP contribution in [-0.2, 0) is 10.0 Å². The molecular formula is C14H22N2O2S. The number of anilines is 1. The maximum atomic E-state index is 11.5. The Labute approximate surface area is 116 Å². The lowest BCUT2D eigenvalue weighted by atomic mass is 10.0. The Morgan fingerprint density at radius 1 is 0.947 bits per heavy atom. The third-order valence-electron chi connectivity index (χ3n) is 3.66. The zero-order valence-corrected chi connectivity index (χ0v) is 12.9. The van der Waals surface area contributed by atoms with Gasteiger partial charge < -0.3 is 4.90 Å². The van der Waals surface area contributed by atoms with E-state index in [1.807, 2.05) is 0 Å². The van der Waals surface area contributed by atoms with E-state index in [9.17, 15) is 8.42 Å². The highest BCUT2D eigenvalue weighted by Crippen LogP contribution is 2.27. The first-order chi connectivity index (χ1) is 8.79. The number of benzene rings is 1. The Bertz CT molecular complexity index is 550. The van der Waals surface area contributed by atoms with E-state index < -0.39 is 10.0 Å². The molecule has 0 amide bonds. The van der Waals surface area contributed by atoms with E-state index >= 15 is 0 Å². The van der Waals surface area contributed by atoms with Crippen LogP contribution in [0.2, 0.25) is 0 Å². The van der Waals surface area contributed by atoms with Crippen LogP contribution in [0, 0.1) is 20.8 Å². The van der Waals surface area contributed by atoms with E-state index in [0.29, 0.717) is 13.1 Å². The van der Waals surface area contributed by atoms with Crippen LogP contribution in [0.15, 0.2) is 12.1 Å². The number of nitrogens with zero attached hydrogens (tertiary/aromatic N) is 2. The number of sulfonamides is 1. The third kappa shape index (κ3) is 3.09. The Balaban J connectivity index is 2.19. The molecule has 0 aliphatic carbocycles. The van der Waals surface area contributed by atoms with Crippen molar-refractivity contribution in [1.29, 1.82) is 0 Å². The summed E-state index contributed by atoms with van der Waals surface area (Å²) in [6, 6.07) is 4.37. The van der Waals surface area contributed by atoms with Crippen LogP contribution in [-0.4, -0.2) is 45.2 Å². The lowest BCUT2D eigenvalue weighted by molar-refractivity contribution is 0.387. The van der Waals surface area contributed by atoms with Crippen LogP contribution in [0.5, 0.6) is 0 Å². The molecule has 1 aliphatic heterocycles. The van der Waals surface area contributed by atoms with Crippen LogP contribution in [0.25, 0.3) is 0 Å². The molecule has 0 radical (unpaired) electrons. The molecule has 0 aromatic heterocycles. The second kappa shape index (κ2) is 5.13. The van der Waals surface area contributed by atoms with E-state index in [1.54, 1.807) is 4.31 Å². The summed E-state index contributed by atoms with van der Waals surface area (Å²) in [7, 11) is -3.05. The number of rotatable bonds is 2. The molecule has 0 spiro atoms. The van der Waals surface area contributed by atoms with Crippen molar-refractivity contribution in [3.05, 3.63) is 28.8 Å². The molecule has 1 aliphatic rings. The zero-order chi connectivity index (χ0) is 14.2. The molecular weight excluding hydrogens is 260 g/mol. The van der Waals surface area contributed by atoms with Gasteiger partial charge in [0.05, 0.1) is 6.26 Å². The molecule has 0 bridgehead atoms. The Morgan fingerprint density at radius 3 is 1.84 bits per heavy atom. The highest BCUT2D eigenvalue weighted by molar-refractivity contribution is 7.88. The summed E-state index contributed by atoms with van der Waals surface area (Å²) >= 11 is 0. The fraction of sp³-hybridized carbons (Fsp3) is 0.571. The smallest absolute Gasteiger partial charge is 0.211 e. The van der Waals surface area contributed by atoms with E-state index in [1.165, 1.54) is 28.6 Å². The van der Waals surface area contributed by atoms with Crippen LogP contribution in [0.1, 0.15) is 16.7 Å². The Kier molecular flexibility index (Phi) is 3.87. The molecule has 1 heterocycles. The van der Waals surface area contributed by atoms with E-state index in [4.69, 9.17) is 0 Å². The summed E-state index contributed by atoms with van der Waals surface area (Å²) < 4.78 is 24.6. The summed E-state index contributed by atoms with van der Waals surface area (Å²) in [5.74, 6) is 0. The maximum Gasteiger partial charge on any atom is 0.211 e. The molecule has 4 nitrogen and oxygen atoms in total. The van der Waals surface area contributed by atoms with E-state index in [0.717, 1.165) is 13.1 Å². The average molecular weight is 282 g/mol. The molecule has 1 fully saturated rings. The van der Waals surface area contributed by atoms with Crippen LogP contribution in [0.3, 0.4) is 0 Å². The topological polar surface area (TPSA) is 40.6 Å². The molecule has 0 atom stereocenters. The van der Waals surface area contributed by atoms with Crippen molar-refractivity contribution < 1.29 is 8.42 Å². The van der Waals surface area contributed by atoms with Crippen molar-refractivity contribution in [1.82, 2.24) is 4.31 Å². The molecule has 0 saturated carbocycles. The summed E-state index contributed by atoms with van der Waals surface area (Å²) in [5, 5.41) is 0. The minimum absolute atomic E-state index is 0.575. The molecule has 1 aromatic rings. The largest absolute Gasteiger partial charge is 0.368 e. The van der Waals surface area contributed by atoms with Gasteiger partial charge in [-0.1, -0.05) is 17.7 Å². The van der Waals surface area contributed by atoms with Crippen molar-refractivity contribution in [2.24, 2.45) is 0 Å². The Morgan fingerprint density at radius 2 is 1.42 bits per heavy atom. The predicted octanol–water partition coefficient (Wildman–Crippen LogP) is 1.69. The fourth-order valence-corrected chi connectivity index (χ4v) is 3.74. The number of piperazine rings is 1. The van der Waals surface area contributed by atoms with Gasteiger partial charge in [-0.3, -0.25) is 0 Å². The van der Waals surface area contributed by atoms with Gasteiger partial charge in [-0.2, -0.15) is 4.31 Å². The number of hydrogen-bond acceptors (Lipinski definition) is 3. The van der Waals surface area contributed by atoms with Gasteiger partial charge in [0.15, 0.2) is 0 Å². The average Bonchev–Trinajstić information content (AvgIpc) is 2.27. The second-order valence-electron chi connectivity index (χ2n) is 5.40. The second-order valence-corrected chi connectivity index (χ2v) is 7.38. The van der Waals surface area contributed by atoms with Crippen molar-refractivity contribution in [3.63, 3.8) is 0 Å². The SMILES string of the molecule is Cc1cc(C)c(N2CCN(S(C)(=O)=O)CC2)c(C)c1. The van der Waals surface area contributed by atoms with Crippen molar-refractivity contribution in [3.8, 4) is 0 Å². The molecule has 1 aromatic carbocycles.